The number of benzene rings is 1. The first kappa shape index (κ1) is 11.1. The van der Waals surface area contributed by atoms with Crippen LogP contribution in [0.5, 0.6) is 0 Å². The second-order valence-electron chi connectivity index (χ2n) is 3.84. The highest BCUT2D eigenvalue weighted by molar-refractivity contribution is 5.89. The molecule has 0 bridgehead atoms. The molecule has 1 aromatic carbocycles. The van der Waals surface area contributed by atoms with Gasteiger partial charge in [-0.2, -0.15) is 0 Å². The summed E-state index contributed by atoms with van der Waals surface area (Å²) in [4.78, 5) is 11.6. The van der Waals surface area contributed by atoms with Gasteiger partial charge < -0.3 is 14.6 Å². The summed E-state index contributed by atoms with van der Waals surface area (Å²) >= 11 is 0. The molecular weight excluding hydrogens is 208 g/mol. The van der Waals surface area contributed by atoms with Gasteiger partial charge >= 0.3 is 5.97 Å². The van der Waals surface area contributed by atoms with Crippen LogP contribution in [0.25, 0.3) is 0 Å². The highest BCUT2D eigenvalue weighted by atomic mass is 16.7. The Hall–Kier alpha value is -1.39. The first-order chi connectivity index (χ1) is 7.70. The molecule has 0 radical (unpaired) electrons. The molecule has 4 heteroatoms. The molecule has 1 atom stereocenters. The molecule has 2 rings (SSSR count). The van der Waals surface area contributed by atoms with Crippen molar-refractivity contribution in [2.24, 2.45) is 0 Å². The number of carbonyl (C=O) groups is 1. The average molecular weight is 222 g/mol. The zero-order chi connectivity index (χ0) is 11.4. The number of ether oxygens (including phenoxy) is 2. The van der Waals surface area contributed by atoms with Gasteiger partial charge in [0.1, 0.15) is 6.61 Å². The molecule has 0 saturated carbocycles. The zero-order valence-corrected chi connectivity index (χ0v) is 8.89. The van der Waals surface area contributed by atoms with E-state index in [1.165, 1.54) is 0 Å². The van der Waals surface area contributed by atoms with E-state index >= 15 is 0 Å². The number of esters is 1. The molecule has 0 aromatic heterocycles. The zero-order valence-electron chi connectivity index (χ0n) is 8.89. The van der Waals surface area contributed by atoms with Crippen LogP contribution >= 0.6 is 0 Å². The standard InChI is InChI=1S/C12H14O4/c13-11(10-5-2-1-3-6-10)15-9-12(14)7-4-8-16-12/h1-3,5-6,14H,4,7-9H2/t12-/m0/s1. The number of hydrogen-bond acceptors (Lipinski definition) is 4. The van der Waals surface area contributed by atoms with Crippen LogP contribution in [-0.4, -0.2) is 30.1 Å². The van der Waals surface area contributed by atoms with Crippen LogP contribution in [-0.2, 0) is 9.47 Å². The van der Waals surface area contributed by atoms with E-state index in [1.54, 1.807) is 24.3 Å². The second kappa shape index (κ2) is 4.63. The number of rotatable bonds is 3. The van der Waals surface area contributed by atoms with Gasteiger partial charge in [0, 0.05) is 6.42 Å². The normalized spacial score (nSPS) is 24.3. The maximum atomic E-state index is 11.6. The molecule has 4 nitrogen and oxygen atoms in total. The molecule has 1 aliphatic rings. The van der Waals surface area contributed by atoms with Crippen molar-refractivity contribution < 1.29 is 19.4 Å². The van der Waals surface area contributed by atoms with Crippen LogP contribution in [0.2, 0.25) is 0 Å². The fraction of sp³-hybridized carbons (Fsp3) is 0.417. The molecule has 0 unspecified atom stereocenters. The Balaban J connectivity index is 1.89. The summed E-state index contributed by atoms with van der Waals surface area (Å²) in [7, 11) is 0. The van der Waals surface area contributed by atoms with Crippen molar-refractivity contribution in [2.75, 3.05) is 13.2 Å². The van der Waals surface area contributed by atoms with Crippen LogP contribution in [0.4, 0.5) is 0 Å². The lowest BCUT2D eigenvalue weighted by Gasteiger charge is -2.20. The van der Waals surface area contributed by atoms with Gasteiger partial charge in [0.05, 0.1) is 12.2 Å². The molecule has 0 aliphatic carbocycles. The summed E-state index contributed by atoms with van der Waals surface area (Å²) in [5.41, 5.74) is 0.476. The lowest BCUT2D eigenvalue weighted by atomic mass is 10.2. The Morgan fingerprint density at radius 3 is 2.81 bits per heavy atom. The molecule has 1 saturated heterocycles. The Bertz CT molecular complexity index is 355. The Kier molecular flexibility index (Phi) is 3.22. The van der Waals surface area contributed by atoms with E-state index in [0.29, 0.717) is 18.6 Å². The fourth-order valence-corrected chi connectivity index (χ4v) is 1.63. The van der Waals surface area contributed by atoms with Gasteiger partial charge in [-0.1, -0.05) is 18.2 Å². The van der Waals surface area contributed by atoms with Gasteiger partial charge in [0.2, 0.25) is 5.79 Å². The maximum absolute atomic E-state index is 11.6. The monoisotopic (exact) mass is 222 g/mol. The maximum Gasteiger partial charge on any atom is 0.338 e. The van der Waals surface area contributed by atoms with Crippen LogP contribution in [0, 0.1) is 0 Å². The third kappa shape index (κ3) is 2.59. The van der Waals surface area contributed by atoms with Crippen molar-refractivity contribution in [3.05, 3.63) is 35.9 Å². The minimum absolute atomic E-state index is 0.110. The second-order valence-corrected chi connectivity index (χ2v) is 3.84. The van der Waals surface area contributed by atoms with Crippen LogP contribution < -0.4 is 0 Å². The average Bonchev–Trinajstić information content (AvgIpc) is 2.75. The largest absolute Gasteiger partial charge is 0.456 e. The first-order valence-corrected chi connectivity index (χ1v) is 5.28. The topological polar surface area (TPSA) is 55.8 Å². The predicted molar refractivity (Wildman–Crippen MR) is 56.9 cm³/mol. The van der Waals surface area contributed by atoms with Gasteiger partial charge in [-0.05, 0) is 18.6 Å². The van der Waals surface area contributed by atoms with E-state index in [9.17, 15) is 9.90 Å². The van der Waals surface area contributed by atoms with Crippen LogP contribution in [0.1, 0.15) is 23.2 Å². The lowest BCUT2D eigenvalue weighted by molar-refractivity contribution is -0.194. The van der Waals surface area contributed by atoms with Crippen molar-refractivity contribution in [1.29, 1.82) is 0 Å². The third-order valence-corrected chi connectivity index (χ3v) is 2.52. The summed E-state index contributed by atoms with van der Waals surface area (Å²) in [6, 6.07) is 8.68. The van der Waals surface area contributed by atoms with Crippen molar-refractivity contribution in [2.45, 2.75) is 18.6 Å². The fourth-order valence-electron chi connectivity index (χ4n) is 1.63. The SMILES string of the molecule is O=C(OC[C@]1(O)CCCO1)c1ccccc1. The summed E-state index contributed by atoms with van der Waals surface area (Å²) in [5.74, 6) is -1.73. The summed E-state index contributed by atoms with van der Waals surface area (Å²) in [6.45, 7) is 0.403. The van der Waals surface area contributed by atoms with E-state index < -0.39 is 11.8 Å². The van der Waals surface area contributed by atoms with Gasteiger partial charge in [-0.25, -0.2) is 4.79 Å². The molecular formula is C12H14O4. The van der Waals surface area contributed by atoms with E-state index in [4.69, 9.17) is 9.47 Å². The van der Waals surface area contributed by atoms with Crippen molar-refractivity contribution in [3.63, 3.8) is 0 Å². The highest BCUT2D eigenvalue weighted by Crippen LogP contribution is 2.23. The van der Waals surface area contributed by atoms with Gasteiger partial charge in [-0.15, -0.1) is 0 Å². The first-order valence-electron chi connectivity index (χ1n) is 5.28. The van der Waals surface area contributed by atoms with Gasteiger partial charge in [0.25, 0.3) is 0 Å². The number of carbonyl (C=O) groups excluding carboxylic acids is 1. The van der Waals surface area contributed by atoms with Gasteiger partial charge in [-0.3, -0.25) is 0 Å². The molecule has 0 spiro atoms. The molecule has 1 N–H and O–H groups in total. The van der Waals surface area contributed by atoms with Crippen LogP contribution in [0.15, 0.2) is 30.3 Å². The highest BCUT2D eigenvalue weighted by Gasteiger charge is 2.34. The Morgan fingerprint density at radius 1 is 1.44 bits per heavy atom. The number of aliphatic hydroxyl groups is 1. The van der Waals surface area contributed by atoms with Crippen LogP contribution in [0.3, 0.4) is 0 Å². The lowest BCUT2D eigenvalue weighted by Crippen LogP contribution is -2.34. The quantitative estimate of drug-likeness (QED) is 0.784. The molecule has 0 amide bonds. The van der Waals surface area contributed by atoms with E-state index in [-0.39, 0.29) is 6.61 Å². The van der Waals surface area contributed by atoms with Crippen molar-refractivity contribution in [3.8, 4) is 0 Å². The van der Waals surface area contributed by atoms with Crippen molar-refractivity contribution >= 4 is 5.97 Å². The smallest absolute Gasteiger partial charge is 0.338 e. The molecule has 1 aromatic rings. The third-order valence-electron chi connectivity index (χ3n) is 2.52. The molecule has 1 fully saturated rings. The molecule has 1 heterocycles. The predicted octanol–water partition coefficient (Wildman–Crippen LogP) is 1.34. The molecule has 16 heavy (non-hydrogen) atoms. The minimum Gasteiger partial charge on any atom is -0.456 e. The Morgan fingerprint density at radius 2 is 2.19 bits per heavy atom. The molecule has 1 aliphatic heterocycles. The van der Waals surface area contributed by atoms with E-state index in [2.05, 4.69) is 0 Å². The summed E-state index contributed by atoms with van der Waals surface area (Å²) in [6.07, 6.45) is 1.30. The Labute approximate surface area is 93.8 Å². The minimum atomic E-state index is -1.29. The van der Waals surface area contributed by atoms with E-state index in [0.717, 1.165) is 6.42 Å². The summed E-state index contributed by atoms with van der Waals surface area (Å²) < 4.78 is 10.1. The van der Waals surface area contributed by atoms with E-state index in [1.807, 2.05) is 6.07 Å². The molecule has 86 valence electrons. The van der Waals surface area contributed by atoms with Gasteiger partial charge in [0.15, 0.2) is 0 Å². The van der Waals surface area contributed by atoms with Crippen molar-refractivity contribution in [1.82, 2.24) is 0 Å². The number of hydrogen-bond donors (Lipinski definition) is 1. The summed E-state index contributed by atoms with van der Waals surface area (Å²) in [5, 5.41) is 9.79.